The Labute approximate surface area is 185 Å². The van der Waals surface area contributed by atoms with E-state index in [2.05, 4.69) is 51.3 Å². The maximum atomic E-state index is 6.63. The third-order valence-electron chi connectivity index (χ3n) is 5.54. The molecule has 2 saturated heterocycles. The minimum atomic E-state index is -4.10. The first kappa shape index (κ1) is 25.8. The molecule has 7 heteroatoms. The zero-order valence-corrected chi connectivity index (χ0v) is 22.8. The summed E-state index contributed by atoms with van der Waals surface area (Å²) in [6.07, 6.45) is 7.50. The van der Waals surface area contributed by atoms with Crippen LogP contribution in [0, 0.1) is 0 Å². The van der Waals surface area contributed by atoms with E-state index in [4.69, 9.17) is 12.3 Å². The van der Waals surface area contributed by atoms with Crippen molar-refractivity contribution in [1.29, 1.82) is 0 Å². The summed E-state index contributed by atoms with van der Waals surface area (Å²) in [6, 6.07) is 0. The Morgan fingerprint density at radius 3 is 1.48 bits per heavy atom. The van der Waals surface area contributed by atoms with Crippen molar-refractivity contribution in [3.8, 4) is 0 Å². The van der Waals surface area contributed by atoms with Gasteiger partial charge in [-0.3, -0.25) is 0 Å². The number of nitrogens with zero attached hydrogens (tertiary/aromatic N) is 2. The monoisotopic (exact) mass is 522 g/mol. The first-order chi connectivity index (χ1) is 13.7. The molecule has 2 rings (SSSR count). The van der Waals surface area contributed by atoms with Gasteiger partial charge >= 0.3 is 186 Å². The number of hydrogen-bond acceptors (Lipinski definition) is 6. The van der Waals surface area contributed by atoms with Crippen molar-refractivity contribution < 1.29 is 12.3 Å². The van der Waals surface area contributed by atoms with E-state index < -0.39 is 20.0 Å². The molecular weight excluding hydrogens is 475 g/mol. The van der Waals surface area contributed by atoms with Crippen LogP contribution in [-0.4, -0.2) is 93.5 Å². The van der Waals surface area contributed by atoms with Gasteiger partial charge in [0.1, 0.15) is 0 Å². The van der Waals surface area contributed by atoms with Crippen LogP contribution in [0.15, 0.2) is 0 Å². The van der Waals surface area contributed by atoms with Crippen LogP contribution < -0.4 is 0 Å². The predicted octanol–water partition coefficient (Wildman–Crippen LogP) is 4.06. The van der Waals surface area contributed by atoms with Crippen LogP contribution in [0.2, 0.25) is 0 Å². The molecule has 0 aromatic carbocycles. The molecule has 0 amide bonds. The van der Waals surface area contributed by atoms with Crippen LogP contribution in [0.4, 0.5) is 0 Å². The molecule has 0 atom stereocenters. The van der Waals surface area contributed by atoms with E-state index in [1.807, 2.05) is 0 Å². The summed E-state index contributed by atoms with van der Waals surface area (Å²) < 4.78 is 26.0. The predicted molar refractivity (Wildman–Crippen MR) is 120 cm³/mol. The average molecular weight is 521 g/mol. The molecular formula is C22H46N2O4Sn. The molecule has 2 aliphatic rings. The minimum absolute atomic E-state index is 0.335. The second-order valence-corrected chi connectivity index (χ2v) is 15.6. The van der Waals surface area contributed by atoms with Crippen LogP contribution in [0.1, 0.15) is 80.1 Å². The van der Waals surface area contributed by atoms with Gasteiger partial charge in [-0.15, -0.1) is 0 Å². The Kier molecular flexibility index (Phi) is 10.7. The molecule has 0 N–H and O–H groups in total. The Bertz CT molecular complexity index is 434. The first-order valence-electron chi connectivity index (χ1n) is 11.8. The molecule has 172 valence electrons. The molecule has 0 aliphatic carbocycles. The Hall–Kier alpha value is 0.559. The summed E-state index contributed by atoms with van der Waals surface area (Å²) >= 11 is -4.10. The van der Waals surface area contributed by atoms with E-state index in [9.17, 15) is 0 Å². The zero-order valence-electron chi connectivity index (χ0n) is 19.9. The molecule has 0 unspecified atom stereocenters. The molecule has 6 nitrogen and oxygen atoms in total. The molecule has 0 saturated carbocycles. The Morgan fingerprint density at radius 1 is 0.690 bits per heavy atom. The van der Waals surface area contributed by atoms with E-state index in [-0.39, 0.29) is 11.2 Å². The summed E-state index contributed by atoms with van der Waals surface area (Å²) in [5.41, 5.74) is -0.669. The van der Waals surface area contributed by atoms with Crippen LogP contribution >= 0.6 is 0 Å². The van der Waals surface area contributed by atoms with Crippen molar-refractivity contribution in [3.63, 3.8) is 0 Å². The molecule has 0 aromatic rings. The maximum absolute atomic E-state index is 6.63. The van der Waals surface area contributed by atoms with Gasteiger partial charge in [-0.2, -0.15) is 0 Å². The summed E-state index contributed by atoms with van der Waals surface area (Å²) in [6.45, 7) is 20.2. The summed E-state index contributed by atoms with van der Waals surface area (Å²) in [4.78, 5) is 4.94. The second-order valence-electron chi connectivity index (χ2n) is 9.89. The van der Waals surface area contributed by atoms with Crippen molar-refractivity contribution in [3.05, 3.63) is 0 Å². The standard InChI is InChI=1S/2C11H23NO2.Sn/c2*1-4-5-6-7-12(8-9-13)10-11(2,3)14;/h2*4-10H2,1-3H3;/q2*-2;+4. The number of unbranched alkanes of at least 4 members (excludes halogenated alkanes) is 4. The van der Waals surface area contributed by atoms with Gasteiger partial charge in [0.05, 0.1) is 0 Å². The third kappa shape index (κ3) is 9.29. The molecule has 29 heavy (non-hydrogen) atoms. The van der Waals surface area contributed by atoms with Gasteiger partial charge in [0.15, 0.2) is 0 Å². The summed E-state index contributed by atoms with van der Waals surface area (Å²) in [5, 5.41) is 0. The summed E-state index contributed by atoms with van der Waals surface area (Å²) in [7, 11) is 0. The third-order valence-corrected chi connectivity index (χ3v) is 13.3. The van der Waals surface area contributed by atoms with Crippen LogP contribution in [0.5, 0.6) is 0 Å². The van der Waals surface area contributed by atoms with Gasteiger partial charge in [-0.25, -0.2) is 0 Å². The fourth-order valence-electron chi connectivity index (χ4n) is 4.31. The van der Waals surface area contributed by atoms with Crippen molar-refractivity contribution in [2.45, 2.75) is 91.3 Å². The first-order valence-corrected chi connectivity index (χ1v) is 16.5. The fourth-order valence-corrected chi connectivity index (χ4v) is 11.5. The number of hydrogen-bond donors (Lipinski definition) is 0. The van der Waals surface area contributed by atoms with Gasteiger partial charge in [-0.05, 0) is 0 Å². The topological polar surface area (TPSA) is 43.4 Å². The van der Waals surface area contributed by atoms with Crippen molar-refractivity contribution >= 4 is 20.0 Å². The van der Waals surface area contributed by atoms with E-state index in [0.29, 0.717) is 13.2 Å². The molecule has 0 bridgehead atoms. The Balaban J connectivity index is 2.01. The van der Waals surface area contributed by atoms with Crippen LogP contribution in [-0.2, 0) is 12.3 Å². The van der Waals surface area contributed by atoms with E-state index in [1.54, 1.807) is 0 Å². The normalized spacial score (nSPS) is 25.9. The van der Waals surface area contributed by atoms with Crippen molar-refractivity contribution in [1.82, 2.24) is 9.80 Å². The van der Waals surface area contributed by atoms with E-state index in [1.165, 1.54) is 38.5 Å². The van der Waals surface area contributed by atoms with Gasteiger partial charge in [0.25, 0.3) is 0 Å². The second kappa shape index (κ2) is 12.0. The zero-order chi connectivity index (χ0) is 21.4. The molecule has 2 heterocycles. The van der Waals surface area contributed by atoms with Crippen molar-refractivity contribution in [2.24, 2.45) is 0 Å². The van der Waals surface area contributed by atoms with E-state index >= 15 is 0 Å². The summed E-state index contributed by atoms with van der Waals surface area (Å²) in [5.74, 6) is 0. The number of rotatable bonds is 8. The molecule has 0 aromatic heterocycles. The van der Waals surface area contributed by atoms with Gasteiger partial charge in [0.2, 0.25) is 0 Å². The Morgan fingerprint density at radius 2 is 1.10 bits per heavy atom. The van der Waals surface area contributed by atoms with Crippen LogP contribution in [0.25, 0.3) is 0 Å². The molecule has 1 spiro atoms. The van der Waals surface area contributed by atoms with E-state index in [0.717, 1.165) is 39.3 Å². The van der Waals surface area contributed by atoms with Gasteiger partial charge < -0.3 is 0 Å². The SMILES string of the molecule is CCCCCN1CC[O][Sn]2([O]CCN(CCCCC)CC(C)(C)[O]2)[O]C(C)(C)C1. The van der Waals surface area contributed by atoms with Gasteiger partial charge in [0, 0.05) is 0 Å². The molecule has 2 fully saturated rings. The quantitative estimate of drug-likeness (QED) is 0.355. The molecule has 2 aliphatic heterocycles. The van der Waals surface area contributed by atoms with Gasteiger partial charge in [-0.1, -0.05) is 0 Å². The van der Waals surface area contributed by atoms with Crippen LogP contribution in [0.3, 0.4) is 0 Å². The average Bonchev–Trinajstić information content (AvgIpc) is 2.58. The fraction of sp³-hybridized carbons (Fsp3) is 1.00. The van der Waals surface area contributed by atoms with Crippen molar-refractivity contribution in [2.75, 3.05) is 52.5 Å². The molecule has 0 radical (unpaired) electrons.